The zero-order valence-corrected chi connectivity index (χ0v) is 15.6. The largest absolute Gasteiger partial charge is 0.476 e. The summed E-state index contributed by atoms with van der Waals surface area (Å²) in [5, 5.41) is 2.81. The van der Waals surface area contributed by atoms with E-state index in [2.05, 4.69) is 22.1 Å². The van der Waals surface area contributed by atoms with E-state index in [1.807, 2.05) is 18.2 Å². The van der Waals surface area contributed by atoms with Gasteiger partial charge in [-0.05, 0) is 30.0 Å². The van der Waals surface area contributed by atoms with Crippen LogP contribution in [0.2, 0.25) is 0 Å². The van der Waals surface area contributed by atoms with Gasteiger partial charge in [-0.1, -0.05) is 18.1 Å². The van der Waals surface area contributed by atoms with Gasteiger partial charge in [-0.3, -0.25) is 14.6 Å². The number of aromatic nitrogens is 1. The van der Waals surface area contributed by atoms with Gasteiger partial charge in [0.1, 0.15) is 0 Å². The molecule has 2 amide bonds. The summed E-state index contributed by atoms with van der Waals surface area (Å²) in [6, 6.07) is 3.73. The molecule has 1 aliphatic heterocycles. The molecule has 1 atom stereocenters. The SMILES string of the molecule is O=C(/C=C/[C@H]1C#CC(OCC(=O)N2CCOCC2)=CC1)NCc1cccnc1. The molecule has 0 aromatic carbocycles. The van der Waals surface area contributed by atoms with Crippen LogP contribution in [0.15, 0.2) is 48.5 Å². The highest BCUT2D eigenvalue weighted by Gasteiger charge is 2.17. The first kappa shape index (κ1) is 19.6. The van der Waals surface area contributed by atoms with Gasteiger partial charge in [0.05, 0.1) is 13.2 Å². The molecule has 2 aliphatic rings. The van der Waals surface area contributed by atoms with E-state index in [-0.39, 0.29) is 24.3 Å². The Morgan fingerprint density at radius 1 is 1.39 bits per heavy atom. The molecule has 1 saturated heterocycles. The van der Waals surface area contributed by atoms with Gasteiger partial charge in [0.2, 0.25) is 5.91 Å². The van der Waals surface area contributed by atoms with E-state index in [0.717, 1.165) is 5.56 Å². The number of rotatable bonds is 7. The summed E-state index contributed by atoms with van der Waals surface area (Å²) in [5.41, 5.74) is 0.943. The second kappa shape index (κ2) is 10.3. The molecule has 0 bridgehead atoms. The second-order valence-electron chi connectivity index (χ2n) is 6.40. The van der Waals surface area contributed by atoms with Crippen LogP contribution in [0.5, 0.6) is 0 Å². The lowest BCUT2D eigenvalue weighted by atomic mass is 10.0. The molecule has 1 N–H and O–H groups in total. The zero-order valence-electron chi connectivity index (χ0n) is 15.6. The third-order valence-corrected chi connectivity index (χ3v) is 4.32. The number of morpholine rings is 1. The van der Waals surface area contributed by atoms with E-state index >= 15 is 0 Å². The number of hydrogen-bond donors (Lipinski definition) is 1. The molecular weight excluding hydrogens is 358 g/mol. The number of nitrogens with one attached hydrogen (secondary N) is 1. The van der Waals surface area contributed by atoms with E-state index in [9.17, 15) is 9.59 Å². The maximum atomic E-state index is 12.1. The van der Waals surface area contributed by atoms with Crippen LogP contribution in [0.25, 0.3) is 0 Å². The summed E-state index contributed by atoms with van der Waals surface area (Å²) in [6.45, 7) is 2.75. The molecule has 1 fully saturated rings. The number of amides is 2. The normalized spacial score (nSPS) is 18.8. The second-order valence-corrected chi connectivity index (χ2v) is 6.40. The Balaban J connectivity index is 1.38. The molecule has 3 rings (SSSR count). The lowest BCUT2D eigenvalue weighted by Gasteiger charge is -2.26. The first-order chi connectivity index (χ1) is 13.7. The summed E-state index contributed by atoms with van der Waals surface area (Å²) in [4.78, 5) is 29.7. The average Bonchev–Trinajstić information content (AvgIpc) is 2.76. The highest BCUT2D eigenvalue weighted by atomic mass is 16.5. The van der Waals surface area contributed by atoms with E-state index in [4.69, 9.17) is 9.47 Å². The Kier molecular flexibility index (Phi) is 7.21. The van der Waals surface area contributed by atoms with Crippen molar-refractivity contribution < 1.29 is 19.1 Å². The Morgan fingerprint density at radius 3 is 2.96 bits per heavy atom. The van der Waals surface area contributed by atoms with Crippen LogP contribution in [0.4, 0.5) is 0 Å². The highest BCUT2D eigenvalue weighted by Crippen LogP contribution is 2.13. The summed E-state index contributed by atoms with van der Waals surface area (Å²) >= 11 is 0. The molecule has 7 heteroatoms. The number of carbonyl (C=O) groups is 2. The van der Waals surface area contributed by atoms with Crippen molar-refractivity contribution in [2.45, 2.75) is 13.0 Å². The topological polar surface area (TPSA) is 80.8 Å². The molecule has 28 heavy (non-hydrogen) atoms. The van der Waals surface area contributed by atoms with Crippen LogP contribution in [0.1, 0.15) is 12.0 Å². The van der Waals surface area contributed by atoms with E-state index in [1.165, 1.54) is 6.08 Å². The lowest BCUT2D eigenvalue weighted by molar-refractivity contribution is -0.138. The first-order valence-electron chi connectivity index (χ1n) is 9.25. The Hall–Kier alpha value is -3.11. The van der Waals surface area contributed by atoms with Crippen molar-refractivity contribution in [2.75, 3.05) is 32.9 Å². The molecular formula is C21H23N3O4. The van der Waals surface area contributed by atoms with Crippen LogP contribution < -0.4 is 5.32 Å². The molecule has 1 aliphatic carbocycles. The number of ether oxygens (including phenoxy) is 2. The summed E-state index contributed by atoms with van der Waals surface area (Å²) in [6.07, 6.45) is 9.17. The van der Waals surface area contributed by atoms with Gasteiger partial charge in [-0.15, -0.1) is 0 Å². The van der Waals surface area contributed by atoms with Crippen molar-refractivity contribution in [3.63, 3.8) is 0 Å². The summed E-state index contributed by atoms with van der Waals surface area (Å²) < 4.78 is 10.7. The van der Waals surface area contributed by atoms with Crippen molar-refractivity contribution in [1.82, 2.24) is 15.2 Å². The molecule has 7 nitrogen and oxygen atoms in total. The lowest BCUT2D eigenvalue weighted by Crippen LogP contribution is -2.42. The number of hydrogen-bond acceptors (Lipinski definition) is 5. The molecule has 0 unspecified atom stereocenters. The zero-order chi connectivity index (χ0) is 19.6. The standard InChI is InChI=1S/C21H23N3O4/c25-20(23-15-18-2-1-9-22-14-18)8-5-17-3-6-19(7-4-17)28-16-21(26)24-10-12-27-13-11-24/h1-2,5-6,8-9,14,17H,3,10-13,15-16H2,(H,23,25)/b8-5+/t17-/m1/s1. The third kappa shape index (κ3) is 6.25. The molecule has 146 valence electrons. The summed E-state index contributed by atoms with van der Waals surface area (Å²) in [7, 11) is 0. The number of carbonyl (C=O) groups excluding carboxylic acids is 2. The van der Waals surface area contributed by atoms with Gasteiger partial charge in [0.25, 0.3) is 5.91 Å². The third-order valence-electron chi connectivity index (χ3n) is 4.32. The molecule has 0 spiro atoms. The van der Waals surface area contributed by atoms with Crippen LogP contribution in [0.3, 0.4) is 0 Å². The smallest absolute Gasteiger partial charge is 0.260 e. The fourth-order valence-electron chi connectivity index (χ4n) is 2.73. The number of nitrogens with zero attached hydrogens (tertiary/aromatic N) is 2. The predicted octanol–water partition coefficient (Wildman–Crippen LogP) is 1.04. The Labute approximate surface area is 164 Å². The number of pyridine rings is 1. The Bertz CT molecular complexity index is 802. The van der Waals surface area contributed by atoms with E-state index in [0.29, 0.717) is 45.0 Å². The summed E-state index contributed by atoms with van der Waals surface area (Å²) in [5.74, 6) is 6.17. The van der Waals surface area contributed by atoms with Gasteiger partial charge in [-0.25, -0.2) is 0 Å². The first-order valence-corrected chi connectivity index (χ1v) is 9.25. The van der Waals surface area contributed by atoms with Crippen molar-refractivity contribution in [1.29, 1.82) is 0 Å². The maximum Gasteiger partial charge on any atom is 0.260 e. The van der Waals surface area contributed by atoms with Crippen LogP contribution in [0, 0.1) is 17.8 Å². The molecule has 1 aromatic heterocycles. The molecule has 1 aromatic rings. The van der Waals surface area contributed by atoms with Crippen molar-refractivity contribution in [3.05, 3.63) is 54.1 Å². The van der Waals surface area contributed by atoms with Crippen molar-refractivity contribution in [2.24, 2.45) is 5.92 Å². The average molecular weight is 381 g/mol. The van der Waals surface area contributed by atoms with Crippen LogP contribution in [-0.4, -0.2) is 54.6 Å². The minimum atomic E-state index is -0.173. The van der Waals surface area contributed by atoms with Crippen molar-refractivity contribution in [3.8, 4) is 11.8 Å². The van der Waals surface area contributed by atoms with Gasteiger partial charge >= 0.3 is 0 Å². The van der Waals surface area contributed by atoms with Gasteiger partial charge in [0.15, 0.2) is 12.4 Å². The maximum absolute atomic E-state index is 12.1. The quantitative estimate of drug-likeness (QED) is 0.564. The van der Waals surface area contributed by atoms with Gasteiger partial charge in [0, 0.05) is 44.0 Å². The van der Waals surface area contributed by atoms with Crippen LogP contribution in [-0.2, 0) is 25.6 Å². The monoisotopic (exact) mass is 381 g/mol. The molecule has 0 radical (unpaired) electrons. The minimum Gasteiger partial charge on any atom is -0.476 e. The highest BCUT2D eigenvalue weighted by molar-refractivity contribution is 5.87. The fourth-order valence-corrected chi connectivity index (χ4v) is 2.73. The fraction of sp³-hybridized carbons (Fsp3) is 0.381. The molecule has 0 saturated carbocycles. The van der Waals surface area contributed by atoms with Gasteiger partial charge in [-0.2, -0.15) is 0 Å². The van der Waals surface area contributed by atoms with Gasteiger partial charge < -0.3 is 19.7 Å². The predicted molar refractivity (Wildman–Crippen MR) is 103 cm³/mol. The number of allylic oxidation sites excluding steroid dienone is 3. The molecule has 2 heterocycles. The van der Waals surface area contributed by atoms with E-state index in [1.54, 1.807) is 23.4 Å². The Morgan fingerprint density at radius 2 is 2.25 bits per heavy atom. The van der Waals surface area contributed by atoms with E-state index < -0.39 is 0 Å². The van der Waals surface area contributed by atoms with Crippen LogP contribution >= 0.6 is 0 Å². The van der Waals surface area contributed by atoms with Crippen molar-refractivity contribution >= 4 is 11.8 Å². The minimum absolute atomic E-state index is 0.0161.